The molecule has 4 rings (SSSR count). The van der Waals surface area contributed by atoms with Crippen molar-refractivity contribution in [1.82, 2.24) is 20.1 Å². The van der Waals surface area contributed by atoms with Gasteiger partial charge in [-0.15, -0.1) is 12.4 Å². The first-order valence-electron chi connectivity index (χ1n) is 8.73. The lowest BCUT2D eigenvalue weighted by Gasteiger charge is -2.36. The molecule has 8 heteroatoms. The number of anilines is 1. The highest BCUT2D eigenvalue weighted by Crippen LogP contribution is 2.29. The predicted molar refractivity (Wildman–Crippen MR) is 105 cm³/mol. The molecule has 1 amide bonds. The highest BCUT2D eigenvalue weighted by atomic mass is 35.5. The number of benzene rings is 1. The molecule has 7 nitrogen and oxygen atoms in total. The van der Waals surface area contributed by atoms with Gasteiger partial charge < -0.3 is 15.1 Å². The summed E-state index contributed by atoms with van der Waals surface area (Å²) in [6.45, 7) is 3.39. The molecule has 1 saturated heterocycles. The monoisotopic (exact) mass is 387 g/mol. The molecule has 3 aromatic rings. The third-order valence-corrected chi connectivity index (χ3v) is 4.84. The van der Waals surface area contributed by atoms with E-state index >= 15 is 0 Å². The van der Waals surface area contributed by atoms with Crippen molar-refractivity contribution in [2.45, 2.75) is 25.3 Å². The number of amides is 1. The van der Waals surface area contributed by atoms with Crippen molar-refractivity contribution in [1.29, 1.82) is 0 Å². The summed E-state index contributed by atoms with van der Waals surface area (Å²) in [6.07, 6.45) is 6.68. The molecule has 1 aliphatic rings. The van der Waals surface area contributed by atoms with Crippen molar-refractivity contribution in [2.24, 2.45) is 0 Å². The quantitative estimate of drug-likeness (QED) is 0.718. The number of aromatic nitrogens is 3. The van der Waals surface area contributed by atoms with Crippen LogP contribution in [0.3, 0.4) is 0 Å². The summed E-state index contributed by atoms with van der Waals surface area (Å²) in [4.78, 5) is 17.2. The molecule has 0 unspecified atom stereocenters. The van der Waals surface area contributed by atoms with Crippen molar-refractivity contribution < 1.29 is 9.21 Å². The number of nitrogens with one attached hydrogen (secondary N) is 2. The van der Waals surface area contributed by atoms with E-state index in [-0.39, 0.29) is 18.3 Å². The van der Waals surface area contributed by atoms with Gasteiger partial charge in [-0.1, -0.05) is 0 Å². The molecular formula is C19H22ClN5O2. The van der Waals surface area contributed by atoms with Crippen molar-refractivity contribution in [3.05, 3.63) is 54.8 Å². The van der Waals surface area contributed by atoms with Gasteiger partial charge in [-0.3, -0.25) is 9.48 Å². The molecule has 1 fully saturated rings. The predicted octanol–water partition coefficient (Wildman–Crippen LogP) is 2.99. The summed E-state index contributed by atoms with van der Waals surface area (Å²) in [6, 6.07) is 9.44. The number of hydrogen-bond donors (Lipinski definition) is 2. The summed E-state index contributed by atoms with van der Waals surface area (Å²) in [7, 11) is 0. The average Bonchev–Trinajstić information content (AvgIpc) is 3.35. The van der Waals surface area contributed by atoms with E-state index in [4.69, 9.17) is 4.42 Å². The van der Waals surface area contributed by atoms with E-state index in [9.17, 15) is 4.79 Å². The standard InChI is InChI=1S/C19H21N5O2.ClH/c1-14-21-13-17(26-14)15-3-5-16(6-4-15)23-18(25)19(7-10-20-11-8-19)24-12-2-9-22-24;/h2-6,9,12-13,20H,7-8,10-11H2,1H3,(H,23,25);1H. The zero-order valence-corrected chi connectivity index (χ0v) is 15.8. The Morgan fingerprint density at radius 1 is 1.26 bits per heavy atom. The van der Waals surface area contributed by atoms with Crippen LogP contribution in [0.15, 0.2) is 53.3 Å². The van der Waals surface area contributed by atoms with Crippen LogP contribution < -0.4 is 10.6 Å². The van der Waals surface area contributed by atoms with E-state index < -0.39 is 5.54 Å². The van der Waals surface area contributed by atoms with Gasteiger partial charge in [-0.05, 0) is 56.3 Å². The molecule has 0 aliphatic carbocycles. The molecule has 2 N–H and O–H groups in total. The number of oxazole rings is 1. The van der Waals surface area contributed by atoms with Crippen LogP contribution >= 0.6 is 12.4 Å². The second-order valence-electron chi connectivity index (χ2n) is 6.51. The van der Waals surface area contributed by atoms with E-state index in [2.05, 4.69) is 20.7 Å². The first kappa shape index (κ1) is 19.1. The van der Waals surface area contributed by atoms with Crippen LogP contribution in [-0.4, -0.2) is 33.8 Å². The number of carbonyl (C=O) groups excluding carboxylic acids is 1. The van der Waals surface area contributed by atoms with Crippen molar-refractivity contribution in [2.75, 3.05) is 18.4 Å². The minimum Gasteiger partial charge on any atom is -0.441 e. The van der Waals surface area contributed by atoms with Gasteiger partial charge in [0.2, 0.25) is 0 Å². The van der Waals surface area contributed by atoms with Gasteiger partial charge in [0.1, 0.15) is 5.54 Å². The first-order chi connectivity index (χ1) is 12.7. The maximum atomic E-state index is 13.1. The van der Waals surface area contributed by atoms with Gasteiger partial charge in [-0.2, -0.15) is 5.10 Å². The van der Waals surface area contributed by atoms with Crippen LogP contribution in [0, 0.1) is 6.92 Å². The molecule has 3 heterocycles. The van der Waals surface area contributed by atoms with Gasteiger partial charge in [-0.25, -0.2) is 4.98 Å². The SMILES string of the molecule is Cc1ncc(-c2ccc(NC(=O)C3(n4cccn4)CCNCC3)cc2)o1.Cl. The van der Waals surface area contributed by atoms with Crippen LogP contribution in [0.4, 0.5) is 5.69 Å². The number of hydrogen-bond acceptors (Lipinski definition) is 5. The number of rotatable bonds is 4. The first-order valence-corrected chi connectivity index (χ1v) is 8.73. The molecule has 142 valence electrons. The molecule has 1 aliphatic heterocycles. The smallest absolute Gasteiger partial charge is 0.252 e. The molecule has 1 aromatic carbocycles. The number of halogens is 1. The molecule has 0 atom stereocenters. The Bertz CT molecular complexity index is 883. The van der Waals surface area contributed by atoms with Gasteiger partial charge >= 0.3 is 0 Å². The second kappa shape index (κ2) is 7.94. The third kappa shape index (κ3) is 3.74. The zero-order chi connectivity index (χ0) is 18.0. The lowest BCUT2D eigenvalue weighted by molar-refractivity contribution is -0.126. The third-order valence-electron chi connectivity index (χ3n) is 4.84. The second-order valence-corrected chi connectivity index (χ2v) is 6.51. The Morgan fingerprint density at radius 3 is 2.59 bits per heavy atom. The fourth-order valence-electron chi connectivity index (χ4n) is 3.38. The van der Waals surface area contributed by atoms with Crippen LogP contribution in [-0.2, 0) is 10.3 Å². The minimum atomic E-state index is -0.657. The summed E-state index contributed by atoms with van der Waals surface area (Å²) in [5.74, 6) is 1.31. The molecule has 27 heavy (non-hydrogen) atoms. The Morgan fingerprint density at radius 2 is 2.00 bits per heavy atom. The van der Waals surface area contributed by atoms with E-state index in [0.717, 1.165) is 24.3 Å². The van der Waals surface area contributed by atoms with Gasteiger partial charge in [0, 0.05) is 30.6 Å². The summed E-state index contributed by atoms with van der Waals surface area (Å²) in [5, 5.41) is 10.7. The van der Waals surface area contributed by atoms with Crippen LogP contribution in [0.1, 0.15) is 18.7 Å². The number of piperidine rings is 1. The molecule has 0 spiro atoms. The number of nitrogens with zero attached hydrogens (tertiary/aromatic N) is 3. The fourth-order valence-corrected chi connectivity index (χ4v) is 3.38. The van der Waals surface area contributed by atoms with Gasteiger partial charge in [0.25, 0.3) is 5.91 Å². The van der Waals surface area contributed by atoms with Crippen molar-refractivity contribution >= 4 is 24.0 Å². The molecular weight excluding hydrogens is 366 g/mol. The Balaban J connectivity index is 0.00000210. The molecule has 2 aromatic heterocycles. The Kier molecular flexibility index (Phi) is 5.62. The van der Waals surface area contributed by atoms with E-state index in [1.54, 1.807) is 17.1 Å². The van der Waals surface area contributed by atoms with Gasteiger partial charge in [0.05, 0.1) is 6.20 Å². The molecule has 0 saturated carbocycles. The normalized spacial score (nSPS) is 15.7. The Hall–Kier alpha value is -2.64. The summed E-state index contributed by atoms with van der Waals surface area (Å²) >= 11 is 0. The fraction of sp³-hybridized carbons (Fsp3) is 0.316. The van der Waals surface area contributed by atoms with Crippen LogP contribution in [0.2, 0.25) is 0 Å². The van der Waals surface area contributed by atoms with Gasteiger partial charge in [0.15, 0.2) is 11.7 Å². The lowest BCUT2D eigenvalue weighted by atomic mass is 9.87. The average molecular weight is 388 g/mol. The van der Waals surface area contributed by atoms with Crippen molar-refractivity contribution in [3.63, 3.8) is 0 Å². The van der Waals surface area contributed by atoms with E-state index in [1.807, 2.05) is 43.5 Å². The molecule has 0 bridgehead atoms. The van der Waals surface area contributed by atoms with E-state index in [0.29, 0.717) is 24.5 Å². The number of aryl methyl sites for hydroxylation is 1. The Labute approximate surface area is 163 Å². The summed E-state index contributed by atoms with van der Waals surface area (Å²) in [5.41, 5.74) is 1.02. The zero-order valence-electron chi connectivity index (χ0n) is 15.0. The maximum Gasteiger partial charge on any atom is 0.252 e. The number of carbonyl (C=O) groups is 1. The topological polar surface area (TPSA) is 85.0 Å². The maximum absolute atomic E-state index is 13.1. The lowest BCUT2D eigenvalue weighted by Crippen LogP contribution is -2.52. The van der Waals surface area contributed by atoms with Crippen LogP contribution in [0.25, 0.3) is 11.3 Å². The summed E-state index contributed by atoms with van der Waals surface area (Å²) < 4.78 is 7.32. The van der Waals surface area contributed by atoms with Crippen LogP contribution in [0.5, 0.6) is 0 Å². The highest BCUT2D eigenvalue weighted by Gasteiger charge is 2.42. The van der Waals surface area contributed by atoms with Crippen molar-refractivity contribution in [3.8, 4) is 11.3 Å². The highest BCUT2D eigenvalue weighted by molar-refractivity contribution is 5.97. The largest absolute Gasteiger partial charge is 0.441 e. The minimum absolute atomic E-state index is 0. The molecule has 0 radical (unpaired) electrons. The van der Waals surface area contributed by atoms with E-state index in [1.165, 1.54) is 0 Å².